The lowest BCUT2D eigenvalue weighted by Crippen LogP contribution is -2.43. The fraction of sp³-hybridized carbons (Fsp3) is 0.333. The van der Waals surface area contributed by atoms with Gasteiger partial charge in [0.15, 0.2) is 5.13 Å². The Labute approximate surface area is 177 Å². The molecule has 0 unspecified atom stereocenters. The van der Waals surface area contributed by atoms with E-state index in [2.05, 4.69) is 39.9 Å². The molecule has 5 nitrogen and oxygen atoms in total. The lowest BCUT2D eigenvalue weighted by atomic mass is 10.2. The van der Waals surface area contributed by atoms with Gasteiger partial charge in [0.2, 0.25) is 0 Å². The number of anilines is 1. The third-order valence-electron chi connectivity index (χ3n) is 4.93. The number of rotatable bonds is 5. The molecule has 0 bridgehead atoms. The van der Waals surface area contributed by atoms with Crippen molar-refractivity contribution in [3.05, 3.63) is 58.1 Å². The van der Waals surface area contributed by atoms with Gasteiger partial charge in [0.05, 0.1) is 29.0 Å². The predicted octanol–water partition coefficient (Wildman–Crippen LogP) is 4.35. The van der Waals surface area contributed by atoms with Crippen molar-refractivity contribution in [1.82, 2.24) is 9.88 Å². The van der Waals surface area contributed by atoms with Gasteiger partial charge in [-0.1, -0.05) is 35.6 Å². The number of hydrogen-bond donors (Lipinski definition) is 0. The highest BCUT2D eigenvalue weighted by atomic mass is 79.9. The van der Waals surface area contributed by atoms with Crippen LogP contribution in [0.25, 0.3) is 10.2 Å². The first-order valence-corrected chi connectivity index (χ1v) is 11.0. The second-order valence-corrected chi connectivity index (χ2v) is 8.67. The zero-order chi connectivity index (χ0) is 19.5. The molecule has 1 fully saturated rings. The van der Waals surface area contributed by atoms with Crippen LogP contribution in [0.2, 0.25) is 0 Å². The Kier molecular flexibility index (Phi) is 6.06. The molecule has 0 radical (unpaired) electrons. The molecule has 146 valence electrons. The van der Waals surface area contributed by atoms with Gasteiger partial charge in [0.25, 0.3) is 5.91 Å². The fourth-order valence-corrected chi connectivity index (χ4v) is 4.84. The van der Waals surface area contributed by atoms with E-state index in [-0.39, 0.29) is 5.91 Å². The third-order valence-corrected chi connectivity index (χ3v) is 6.67. The van der Waals surface area contributed by atoms with Crippen LogP contribution in [0.1, 0.15) is 15.9 Å². The molecule has 0 N–H and O–H groups in total. The van der Waals surface area contributed by atoms with Crippen molar-refractivity contribution in [2.45, 2.75) is 6.92 Å². The lowest BCUT2D eigenvalue weighted by molar-refractivity contribution is 0.0391. The normalized spacial score (nSPS) is 15.1. The van der Waals surface area contributed by atoms with Crippen molar-refractivity contribution >= 4 is 48.5 Å². The molecule has 4 rings (SSSR count). The molecule has 1 aromatic heterocycles. The summed E-state index contributed by atoms with van der Waals surface area (Å²) < 4.78 is 7.34. The number of thiazole rings is 1. The molecule has 1 saturated heterocycles. The summed E-state index contributed by atoms with van der Waals surface area (Å²) in [6.45, 7) is 6.75. The quantitative estimate of drug-likeness (QED) is 0.568. The second-order valence-electron chi connectivity index (χ2n) is 6.81. The monoisotopic (exact) mass is 459 g/mol. The van der Waals surface area contributed by atoms with Crippen LogP contribution in [0.5, 0.6) is 0 Å². The molecule has 28 heavy (non-hydrogen) atoms. The molecule has 1 aliphatic rings. The number of halogens is 1. The minimum Gasteiger partial charge on any atom is -0.379 e. The summed E-state index contributed by atoms with van der Waals surface area (Å²) in [5, 5.41) is 0.748. The molecule has 0 atom stereocenters. The minimum atomic E-state index is -0.0301. The van der Waals surface area contributed by atoms with Gasteiger partial charge in [-0.15, -0.1) is 0 Å². The number of carbonyl (C=O) groups excluding carboxylic acids is 1. The highest BCUT2D eigenvalue weighted by molar-refractivity contribution is 9.10. The van der Waals surface area contributed by atoms with Gasteiger partial charge in [-0.2, -0.15) is 0 Å². The van der Waals surface area contributed by atoms with Crippen LogP contribution >= 0.6 is 27.3 Å². The van der Waals surface area contributed by atoms with Gasteiger partial charge >= 0.3 is 0 Å². The van der Waals surface area contributed by atoms with Crippen LogP contribution in [0.3, 0.4) is 0 Å². The number of morpholine rings is 1. The zero-order valence-corrected chi connectivity index (χ0v) is 18.1. The van der Waals surface area contributed by atoms with Gasteiger partial charge in [-0.05, 0) is 46.6 Å². The van der Waals surface area contributed by atoms with Gasteiger partial charge < -0.3 is 4.74 Å². The Morgan fingerprint density at radius 2 is 2.00 bits per heavy atom. The third kappa shape index (κ3) is 4.12. The van der Waals surface area contributed by atoms with E-state index < -0.39 is 0 Å². The summed E-state index contributed by atoms with van der Waals surface area (Å²) in [6, 6.07) is 13.7. The maximum Gasteiger partial charge on any atom is 0.261 e. The molecular formula is C21H22BrN3O2S. The van der Waals surface area contributed by atoms with Gasteiger partial charge in [-0.25, -0.2) is 4.98 Å². The maximum absolute atomic E-state index is 13.4. The Morgan fingerprint density at radius 1 is 1.21 bits per heavy atom. The van der Waals surface area contributed by atoms with Gasteiger partial charge in [0.1, 0.15) is 0 Å². The van der Waals surface area contributed by atoms with Crippen molar-refractivity contribution in [3.8, 4) is 0 Å². The standard InChI is InChI=1S/C21H22BrN3O2S/c1-15-5-4-8-18-19(15)23-21(28-18)25(10-9-24-11-13-27-14-12-24)20(26)16-6-2-3-7-17(16)22/h2-8H,9-14H2,1H3. The number of benzene rings is 2. The van der Waals surface area contributed by atoms with Crippen molar-refractivity contribution in [3.63, 3.8) is 0 Å². The van der Waals surface area contributed by atoms with E-state index in [0.717, 1.165) is 58.2 Å². The Morgan fingerprint density at radius 3 is 2.75 bits per heavy atom. The predicted molar refractivity (Wildman–Crippen MR) is 117 cm³/mol. The Hall–Kier alpha value is -1.80. The van der Waals surface area contributed by atoms with E-state index in [9.17, 15) is 4.79 Å². The van der Waals surface area contributed by atoms with Crippen molar-refractivity contribution < 1.29 is 9.53 Å². The van der Waals surface area contributed by atoms with Crippen molar-refractivity contribution in [1.29, 1.82) is 0 Å². The summed E-state index contributed by atoms with van der Waals surface area (Å²) in [5.74, 6) is -0.0301. The summed E-state index contributed by atoms with van der Waals surface area (Å²) >= 11 is 5.09. The van der Waals surface area contributed by atoms with Crippen LogP contribution in [-0.4, -0.2) is 55.2 Å². The van der Waals surface area contributed by atoms with Crippen molar-refractivity contribution in [2.24, 2.45) is 0 Å². The number of nitrogens with zero attached hydrogens (tertiary/aromatic N) is 3. The van der Waals surface area contributed by atoms with E-state index in [1.165, 1.54) is 0 Å². The summed E-state index contributed by atoms with van der Waals surface area (Å²) in [4.78, 5) is 22.4. The average molecular weight is 460 g/mol. The largest absolute Gasteiger partial charge is 0.379 e. The van der Waals surface area contributed by atoms with Crippen LogP contribution in [0.15, 0.2) is 46.9 Å². The molecular weight excluding hydrogens is 438 g/mol. The van der Waals surface area contributed by atoms with Crippen molar-refractivity contribution in [2.75, 3.05) is 44.3 Å². The number of para-hydroxylation sites is 1. The molecule has 0 spiro atoms. The molecule has 3 aromatic rings. The Balaban J connectivity index is 1.66. The minimum absolute atomic E-state index is 0.0301. The molecule has 1 amide bonds. The summed E-state index contributed by atoms with van der Waals surface area (Å²) in [6.07, 6.45) is 0. The number of aryl methyl sites for hydroxylation is 1. The van der Waals surface area contributed by atoms with Crippen LogP contribution in [0, 0.1) is 6.92 Å². The molecule has 0 saturated carbocycles. The number of hydrogen-bond acceptors (Lipinski definition) is 5. The maximum atomic E-state index is 13.4. The van der Waals surface area contributed by atoms with E-state index in [0.29, 0.717) is 12.1 Å². The van der Waals surface area contributed by atoms with Crippen LogP contribution in [0.4, 0.5) is 5.13 Å². The Bertz CT molecular complexity index is 985. The van der Waals surface area contributed by atoms with E-state index in [1.807, 2.05) is 35.2 Å². The van der Waals surface area contributed by atoms with Gasteiger partial charge in [-0.3, -0.25) is 14.6 Å². The summed E-state index contributed by atoms with van der Waals surface area (Å²) in [5.41, 5.74) is 2.75. The van der Waals surface area contributed by atoms with E-state index >= 15 is 0 Å². The number of carbonyl (C=O) groups is 1. The average Bonchev–Trinajstić information content (AvgIpc) is 3.14. The van der Waals surface area contributed by atoms with E-state index in [4.69, 9.17) is 9.72 Å². The van der Waals surface area contributed by atoms with Crippen LogP contribution < -0.4 is 4.90 Å². The molecule has 7 heteroatoms. The molecule has 2 heterocycles. The fourth-order valence-electron chi connectivity index (χ4n) is 3.32. The smallest absolute Gasteiger partial charge is 0.261 e. The zero-order valence-electron chi connectivity index (χ0n) is 15.7. The second kappa shape index (κ2) is 8.69. The molecule has 2 aromatic carbocycles. The topological polar surface area (TPSA) is 45.7 Å². The number of amides is 1. The van der Waals surface area contributed by atoms with Gasteiger partial charge in [0, 0.05) is 30.7 Å². The SMILES string of the molecule is Cc1cccc2sc(N(CCN3CCOCC3)C(=O)c3ccccc3Br)nc12. The highest BCUT2D eigenvalue weighted by Gasteiger charge is 2.24. The lowest BCUT2D eigenvalue weighted by Gasteiger charge is -2.29. The summed E-state index contributed by atoms with van der Waals surface area (Å²) in [7, 11) is 0. The first kappa shape index (κ1) is 19.5. The number of fused-ring (bicyclic) bond motifs is 1. The van der Waals surface area contributed by atoms with E-state index in [1.54, 1.807) is 11.3 Å². The number of aromatic nitrogens is 1. The first-order valence-electron chi connectivity index (χ1n) is 9.36. The van der Waals surface area contributed by atoms with Crippen LogP contribution in [-0.2, 0) is 4.74 Å². The molecule has 1 aliphatic heterocycles. The number of ether oxygens (including phenoxy) is 1. The first-order chi connectivity index (χ1) is 13.6. The highest BCUT2D eigenvalue weighted by Crippen LogP contribution is 2.32. The molecule has 0 aliphatic carbocycles.